The van der Waals surface area contributed by atoms with E-state index in [1.54, 1.807) is 6.07 Å². The number of nitrogens with zero attached hydrogens (tertiary/aromatic N) is 5. The summed E-state index contributed by atoms with van der Waals surface area (Å²) in [6.45, 7) is 0.0382. The van der Waals surface area contributed by atoms with Gasteiger partial charge in [-0.2, -0.15) is 9.78 Å². The number of benzene rings is 1. The first kappa shape index (κ1) is 19.5. The molecule has 5 rings (SSSR count). The molecule has 0 amide bonds. The van der Waals surface area contributed by atoms with Gasteiger partial charge >= 0.3 is 0 Å². The molecule has 1 aromatic carbocycles. The Kier molecular flexibility index (Phi) is 4.65. The molecule has 0 aliphatic rings. The number of rotatable bonds is 5. The van der Waals surface area contributed by atoms with Crippen molar-refractivity contribution in [3.05, 3.63) is 64.3 Å². The van der Waals surface area contributed by atoms with E-state index in [1.807, 2.05) is 30.3 Å². The minimum Gasteiger partial charge on any atom is -0.479 e. The number of nitrogens with one attached hydrogen (secondary N) is 1. The fourth-order valence-electron chi connectivity index (χ4n) is 3.62. The first-order chi connectivity index (χ1) is 15.7. The zero-order valence-electron chi connectivity index (χ0n) is 17.1. The van der Waals surface area contributed by atoms with Gasteiger partial charge in [0, 0.05) is 19.4 Å². The van der Waals surface area contributed by atoms with Crippen LogP contribution in [-0.4, -0.2) is 38.8 Å². The highest BCUT2D eigenvalue weighted by molar-refractivity contribution is 5.84. The van der Waals surface area contributed by atoms with Gasteiger partial charge in [-0.25, -0.2) is 15.0 Å². The summed E-state index contributed by atoms with van der Waals surface area (Å²) in [6, 6.07) is 13.0. The lowest BCUT2D eigenvalue weighted by Gasteiger charge is -2.06. The number of hydrogen-bond donors (Lipinski definition) is 1. The summed E-state index contributed by atoms with van der Waals surface area (Å²) >= 11 is 0. The van der Waals surface area contributed by atoms with Crippen molar-refractivity contribution in [2.75, 3.05) is 14.2 Å². The Morgan fingerprint density at radius 2 is 1.97 bits per heavy atom. The molecule has 0 saturated carbocycles. The Hall–Kier alpha value is -4.49. The monoisotopic (exact) mass is 428 g/mol. The smallest absolute Gasteiger partial charge is 0.285 e. The second-order valence-electron chi connectivity index (χ2n) is 6.86. The van der Waals surface area contributed by atoms with E-state index in [0.717, 1.165) is 5.56 Å². The standard InChI is InChI=1S/C22H16N6O4/c1-30-11-14-17(20-26-18-15(32-20)8-9-24-21(18)31-2)22(29)28-19(25-14)16(13(10-23)27-28)12-6-4-3-5-7-12/h3-9,27H,11H2,1-2H3. The van der Waals surface area contributed by atoms with Crippen LogP contribution in [0.3, 0.4) is 0 Å². The topological polar surface area (TPSA) is 131 Å². The summed E-state index contributed by atoms with van der Waals surface area (Å²) in [7, 11) is 2.98. The van der Waals surface area contributed by atoms with E-state index in [0.29, 0.717) is 28.0 Å². The van der Waals surface area contributed by atoms with Gasteiger partial charge in [0.15, 0.2) is 16.7 Å². The van der Waals surface area contributed by atoms with Crippen LogP contribution in [0.2, 0.25) is 0 Å². The van der Waals surface area contributed by atoms with E-state index in [9.17, 15) is 10.1 Å². The van der Waals surface area contributed by atoms with Crippen molar-refractivity contribution in [2.24, 2.45) is 0 Å². The van der Waals surface area contributed by atoms with Gasteiger partial charge in [-0.15, -0.1) is 0 Å². The van der Waals surface area contributed by atoms with Gasteiger partial charge in [-0.05, 0) is 5.56 Å². The number of methoxy groups -OCH3 is 2. The largest absolute Gasteiger partial charge is 0.479 e. The van der Waals surface area contributed by atoms with Crippen LogP contribution >= 0.6 is 0 Å². The maximum Gasteiger partial charge on any atom is 0.285 e. The van der Waals surface area contributed by atoms with Gasteiger partial charge in [0.1, 0.15) is 17.3 Å². The van der Waals surface area contributed by atoms with Crippen LogP contribution in [0.1, 0.15) is 11.4 Å². The predicted molar refractivity (Wildman–Crippen MR) is 114 cm³/mol. The molecule has 4 heterocycles. The summed E-state index contributed by atoms with van der Waals surface area (Å²) in [5.74, 6) is 0.331. The molecule has 10 nitrogen and oxygen atoms in total. The highest BCUT2D eigenvalue weighted by Gasteiger charge is 2.25. The summed E-state index contributed by atoms with van der Waals surface area (Å²) in [6.07, 6.45) is 1.52. The zero-order valence-corrected chi connectivity index (χ0v) is 17.1. The number of hydrogen-bond acceptors (Lipinski definition) is 8. The lowest BCUT2D eigenvalue weighted by molar-refractivity contribution is 0.182. The summed E-state index contributed by atoms with van der Waals surface area (Å²) in [5.41, 5.74) is 2.57. The van der Waals surface area contributed by atoms with Crippen LogP contribution in [0.25, 0.3) is 39.3 Å². The average Bonchev–Trinajstić information content (AvgIpc) is 3.41. The summed E-state index contributed by atoms with van der Waals surface area (Å²) in [4.78, 5) is 26.8. The quantitative estimate of drug-likeness (QED) is 0.452. The Morgan fingerprint density at radius 1 is 1.16 bits per heavy atom. The normalized spacial score (nSPS) is 11.2. The molecule has 158 valence electrons. The highest BCUT2D eigenvalue weighted by Crippen LogP contribution is 2.31. The maximum absolute atomic E-state index is 13.5. The van der Waals surface area contributed by atoms with Crippen molar-refractivity contribution in [3.8, 4) is 34.5 Å². The van der Waals surface area contributed by atoms with E-state index >= 15 is 0 Å². The van der Waals surface area contributed by atoms with Crippen molar-refractivity contribution in [2.45, 2.75) is 6.61 Å². The number of H-pyrrole nitrogens is 1. The lowest BCUT2D eigenvalue weighted by Crippen LogP contribution is -2.20. The van der Waals surface area contributed by atoms with Crippen LogP contribution in [0.15, 0.2) is 51.8 Å². The number of aromatic amines is 1. The zero-order chi connectivity index (χ0) is 22.2. The Labute approximate surface area is 180 Å². The number of pyridine rings is 1. The average molecular weight is 428 g/mol. The van der Waals surface area contributed by atoms with Crippen LogP contribution < -0.4 is 10.3 Å². The van der Waals surface area contributed by atoms with Crippen molar-refractivity contribution in [1.29, 1.82) is 5.26 Å². The van der Waals surface area contributed by atoms with E-state index < -0.39 is 5.56 Å². The van der Waals surface area contributed by atoms with Crippen LogP contribution in [-0.2, 0) is 11.3 Å². The van der Waals surface area contributed by atoms with Gasteiger partial charge in [-0.3, -0.25) is 9.89 Å². The van der Waals surface area contributed by atoms with Crippen LogP contribution in [0, 0.1) is 11.3 Å². The Bertz CT molecular complexity index is 1560. The molecule has 0 unspecified atom stereocenters. The van der Waals surface area contributed by atoms with Crippen molar-refractivity contribution < 1.29 is 13.9 Å². The molecule has 5 aromatic rings. The number of aromatic nitrogens is 5. The molecule has 0 saturated heterocycles. The first-order valence-electron chi connectivity index (χ1n) is 9.58. The highest BCUT2D eigenvalue weighted by atomic mass is 16.5. The Balaban J connectivity index is 1.83. The SMILES string of the molecule is COCc1nc2c(-c3ccccc3)c(C#N)[nH]n2c(=O)c1-c1nc2c(OC)nccc2o1. The molecule has 10 heteroatoms. The third-order valence-electron chi connectivity index (χ3n) is 4.99. The third-order valence-corrected chi connectivity index (χ3v) is 4.99. The Morgan fingerprint density at radius 3 is 2.69 bits per heavy atom. The molecule has 0 spiro atoms. The molecule has 4 aromatic heterocycles. The van der Waals surface area contributed by atoms with E-state index in [2.05, 4.69) is 26.1 Å². The minimum absolute atomic E-state index is 0.0382. The van der Waals surface area contributed by atoms with Crippen molar-refractivity contribution in [1.82, 2.24) is 24.6 Å². The summed E-state index contributed by atoms with van der Waals surface area (Å²) < 4.78 is 17.6. The second kappa shape index (κ2) is 7.64. The maximum atomic E-state index is 13.5. The predicted octanol–water partition coefficient (Wildman–Crippen LogP) is 2.92. The van der Waals surface area contributed by atoms with Crippen molar-refractivity contribution in [3.63, 3.8) is 0 Å². The van der Waals surface area contributed by atoms with Gasteiger partial charge in [0.05, 0.1) is 25.0 Å². The molecule has 1 N–H and O–H groups in total. The summed E-state index contributed by atoms with van der Waals surface area (Å²) in [5, 5.41) is 12.5. The van der Waals surface area contributed by atoms with E-state index in [1.165, 1.54) is 24.9 Å². The van der Waals surface area contributed by atoms with E-state index in [-0.39, 0.29) is 29.6 Å². The van der Waals surface area contributed by atoms with E-state index in [4.69, 9.17) is 13.9 Å². The second-order valence-corrected chi connectivity index (χ2v) is 6.86. The molecule has 0 atom stereocenters. The van der Waals surface area contributed by atoms with Crippen molar-refractivity contribution >= 4 is 16.7 Å². The van der Waals surface area contributed by atoms with Crippen LogP contribution in [0.5, 0.6) is 5.88 Å². The molecule has 32 heavy (non-hydrogen) atoms. The first-order valence-corrected chi connectivity index (χ1v) is 9.58. The molecular weight excluding hydrogens is 412 g/mol. The molecule has 0 radical (unpaired) electrons. The minimum atomic E-state index is -0.473. The lowest BCUT2D eigenvalue weighted by atomic mass is 10.1. The molecule has 0 fully saturated rings. The van der Waals surface area contributed by atoms with Gasteiger partial charge < -0.3 is 13.9 Å². The third kappa shape index (κ3) is 2.91. The number of ether oxygens (including phenoxy) is 2. The number of oxazole rings is 1. The fourth-order valence-corrected chi connectivity index (χ4v) is 3.62. The molecule has 0 aliphatic carbocycles. The van der Waals surface area contributed by atoms with Gasteiger partial charge in [0.25, 0.3) is 5.56 Å². The van der Waals surface area contributed by atoms with Gasteiger partial charge in [-0.1, -0.05) is 30.3 Å². The molecule has 0 aliphatic heterocycles. The number of fused-ring (bicyclic) bond motifs is 2. The molecular formula is C22H16N6O4. The van der Waals surface area contributed by atoms with Gasteiger partial charge in [0.2, 0.25) is 11.8 Å². The van der Waals surface area contributed by atoms with Crippen LogP contribution in [0.4, 0.5) is 0 Å². The fraction of sp³-hybridized carbons (Fsp3) is 0.136. The molecule has 0 bridgehead atoms. The number of nitriles is 1.